The molecule has 4 nitrogen and oxygen atoms in total. The first-order valence-electron chi connectivity index (χ1n) is 5.69. The molecule has 88 valence electrons. The van der Waals surface area contributed by atoms with Crippen molar-refractivity contribution in [3.8, 4) is 0 Å². The van der Waals surface area contributed by atoms with Gasteiger partial charge in [0.25, 0.3) is 0 Å². The highest BCUT2D eigenvalue weighted by Gasteiger charge is 2.28. The van der Waals surface area contributed by atoms with Gasteiger partial charge in [0.2, 0.25) is 0 Å². The smallest absolute Gasteiger partial charge is 0.310 e. The van der Waals surface area contributed by atoms with Crippen molar-refractivity contribution in [2.24, 2.45) is 11.7 Å². The molecule has 0 spiro atoms. The number of carbonyl (C=O) groups excluding carboxylic acids is 1. The number of nitrogens with two attached hydrogens (primary N) is 1. The molecule has 1 fully saturated rings. The highest BCUT2D eigenvalue weighted by Crippen LogP contribution is 2.24. The Labute approximate surface area is 91.1 Å². The van der Waals surface area contributed by atoms with Crippen molar-refractivity contribution >= 4 is 5.97 Å². The molecule has 1 saturated heterocycles. The molecule has 0 aliphatic carbocycles. The Morgan fingerprint density at radius 3 is 2.80 bits per heavy atom. The van der Waals surface area contributed by atoms with Crippen LogP contribution in [0, 0.1) is 5.92 Å². The molecular formula is C11H21NO3. The molecular weight excluding hydrogens is 194 g/mol. The van der Waals surface area contributed by atoms with Crippen molar-refractivity contribution in [1.82, 2.24) is 0 Å². The first-order valence-corrected chi connectivity index (χ1v) is 5.69. The van der Waals surface area contributed by atoms with E-state index < -0.39 is 0 Å². The highest BCUT2D eigenvalue weighted by atomic mass is 16.5. The number of hydrogen-bond donors (Lipinski definition) is 1. The maximum atomic E-state index is 11.5. The zero-order chi connectivity index (χ0) is 11.3. The zero-order valence-electron chi connectivity index (χ0n) is 9.57. The maximum absolute atomic E-state index is 11.5. The number of esters is 1. The van der Waals surface area contributed by atoms with Gasteiger partial charge in [-0.15, -0.1) is 0 Å². The summed E-state index contributed by atoms with van der Waals surface area (Å²) in [6, 6.07) is 0. The van der Waals surface area contributed by atoms with E-state index in [1.807, 2.05) is 0 Å². The monoisotopic (exact) mass is 215 g/mol. The van der Waals surface area contributed by atoms with Crippen molar-refractivity contribution in [3.05, 3.63) is 0 Å². The molecule has 4 heteroatoms. The molecule has 1 aliphatic heterocycles. The van der Waals surface area contributed by atoms with E-state index in [9.17, 15) is 4.79 Å². The van der Waals surface area contributed by atoms with Crippen LogP contribution in [0.5, 0.6) is 0 Å². The third kappa shape index (κ3) is 3.80. The van der Waals surface area contributed by atoms with Gasteiger partial charge in [-0.3, -0.25) is 4.79 Å². The van der Waals surface area contributed by atoms with Gasteiger partial charge in [0.15, 0.2) is 0 Å². The minimum absolute atomic E-state index is 0.179. The van der Waals surface area contributed by atoms with E-state index in [-0.39, 0.29) is 18.0 Å². The second-order valence-electron chi connectivity index (χ2n) is 4.07. The Balaban J connectivity index is 2.36. The highest BCUT2D eigenvalue weighted by molar-refractivity contribution is 5.72. The molecule has 0 saturated carbocycles. The summed E-state index contributed by atoms with van der Waals surface area (Å²) in [5, 5.41) is 0. The topological polar surface area (TPSA) is 61.5 Å². The molecule has 1 aliphatic rings. The predicted octanol–water partition coefficient (Wildman–Crippen LogP) is 1.08. The Kier molecular flexibility index (Phi) is 5.05. The second kappa shape index (κ2) is 6.08. The second-order valence-corrected chi connectivity index (χ2v) is 4.07. The Morgan fingerprint density at radius 2 is 2.33 bits per heavy atom. The van der Waals surface area contributed by atoms with E-state index in [4.69, 9.17) is 15.2 Å². The molecule has 0 aromatic carbocycles. The van der Waals surface area contributed by atoms with Gasteiger partial charge < -0.3 is 15.2 Å². The summed E-state index contributed by atoms with van der Waals surface area (Å²) in [4.78, 5) is 11.5. The summed E-state index contributed by atoms with van der Waals surface area (Å²) in [5.74, 6) is -0.400. The van der Waals surface area contributed by atoms with E-state index in [1.54, 1.807) is 6.92 Å². The van der Waals surface area contributed by atoms with Crippen molar-refractivity contribution < 1.29 is 14.3 Å². The van der Waals surface area contributed by atoms with Crippen LogP contribution in [0.4, 0.5) is 0 Å². The molecule has 0 radical (unpaired) electrons. The molecule has 0 amide bonds. The number of ether oxygens (including phenoxy) is 2. The largest absolute Gasteiger partial charge is 0.466 e. The van der Waals surface area contributed by atoms with Crippen molar-refractivity contribution in [2.75, 3.05) is 13.2 Å². The average Bonchev–Trinajstić information content (AvgIpc) is 2.61. The third-order valence-electron chi connectivity index (χ3n) is 2.77. The maximum Gasteiger partial charge on any atom is 0.310 e. The molecule has 1 heterocycles. The number of carbonyl (C=O) groups is 1. The summed E-state index contributed by atoms with van der Waals surface area (Å²) in [6.45, 7) is 4.62. The van der Waals surface area contributed by atoms with Crippen LogP contribution in [0.1, 0.15) is 33.1 Å². The van der Waals surface area contributed by atoms with Crippen LogP contribution in [0.25, 0.3) is 0 Å². The van der Waals surface area contributed by atoms with Crippen LogP contribution in [-0.4, -0.2) is 31.3 Å². The van der Waals surface area contributed by atoms with Crippen LogP contribution < -0.4 is 5.73 Å². The fourth-order valence-electron chi connectivity index (χ4n) is 1.92. The normalized spacial score (nSPS) is 27.7. The van der Waals surface area contributed by atoms with Crippen LogP contribution in [0.3, 0.4) is 0 Å². The summed E-state index contributed by atoms with van der Waals surface area (Å²) in [7, 11) is 0. The molecule has 0 bridgehead atoms. The fraction of sp³-hybridized carbons (Fsp3) is 0.909. The van der Waals surface area contributed by atoms with E-state index in [1.165, 1.54) is 0 Å². The van der Waals surface area contributed by atoms with Gasteiger partial charge in [-0.1, -0.05) is 0 Å². The first kappa shape index (κ1) is 12.5. The fourth-order valence-corrected chi connectivity index (χ4v) is 1.92. The van der Waals surface area contributed by atoms with Crippen LogP contribution in [0.2, 0.25) is 0 Å². The molecule has 0 aromatic heterocycles. The van der Waals surface area contributed by atoms with Gasteiger partial charge in [0.1, 0.15) is 0 Å². The van der Waals surface area contributed by atoms with Crippen LogP contribution in [0.15, 0.2) is 0 Å². The molecule has 0 aromatic rings. The summed E-state index contributed by atoms with van der Waals surface area (Å²) in [5.41, 5.74) is 5.56. The summed E-state index contributed by atoms with van der Waals surface area (Å²) >= 11 is 0. The zero-order valence-corrected chi connectivity index (χ0v) is 9.57. The van der Waals surface area contributed by atoms with Crippen molar-refractivity contribution in [2.45, 2.75) is 45.3 Å². The Hall–Kier alpha value is -0.610. The summed E-state index contributed by atoms with van der Waals surface area (Å²) < 4.78 is 10.6. The standard InChI is InChI=1S/C11H21NO3/c1-3-14-11(13)9(7-12)6-10-5-4-8(2)15-10/h8-10H,3-7,12H2,1-2H3. The SMILES string of the molecule is CCOC(=O)C(CN)CC1CCC(C)O1. The van der Waals surface area contributed by atoms with Gasteiger partial charge in [0.05, 0.1) is 24.7 Å². The molecule has 1 rings (SSSR count). The molecule has 2 N–H and O–H groups in total. The van der Waals surface area contributed by atoms with E-state index in [2.05, 4.69) is 6.92 Å². The average molecular weight is 215 g/mol. The quantitative estimate of drug-likeness (QED) is 0.697. The lowest BCUT2D eigenvalue weighted by Crippen LogP contribution is -2.29. The van der Waals surface area contributed by atoms with Crippen LogP contribution in [-0.2, 0) is 14.3 Å². The minimum atomic E-state index is -0.208. The lowest BCUT2D eigenvalue weighted by Gasteiger charge is -2.17. The van der Waals surface area contributed by atoms with Gasteiger partial charge >= 0.3 is 5.97 Å². The Bertz CT molecular complexity index is 208. The predicted molar refractivity (Wildman–Crippen MR) is 57.4 cm³/mol. The lowest BCUT2D eigenvalue weighted by atomic mass is 10.00. The van der Waals surface area contributed by atoms with E-state index in [0.717, 1.165) is 12.8 Å². The third-order valence-corrected chi connectivity index (χ3v) is 2.77. The van der Waals surface area contributed by atoms with Gasteiger partial charge in [0, 0.05) is 6.54 Å². The Morgan fingerprint density at radius 1 is 1.60 bits per heavy atom. The first-order chi connectivity index (χ1) is 7.17. The number of hydrogen-bond acceptors (Lipinski definition) is 4. The molecule has 15 heavy (non-hydrogen) atoms. The molecule has 3 atom stereocenters. The van der Waals surface area contributed by atoms with E-state index >= 15 is 0 Å². The lowest BCUT2D eigenvalue weighted by molar-refractivity contribution is -0.149. The summed E-state index contributed by atoms with van der Waals surface area (Å²) in [6.07, 6.45) is 3.29. The van der Waals surface area contributed by atoms with Gasteiger partial charge in [-0.2, -0.15) is 0 Å². The number of rotatable bonds is 5. The molecule has 3 unspecified atom stereocenters. The minimum Gasteiger partial charge on any atom is -0.466 e. The van der Waals surface area contributed by atoms with Gasteiger partial charge in [-0.05, 0) is 33.1 Å². The van der Waals surface area contributed by atoms with Crippen molar-refractivity contribution in [3.63, 3.8) is 0 Å². The van der Waals surface area contributed by atoms with Crippen molar-refractivity contribution in [1.29, 1.82) is 0 Å². The van der Waals surface area contributed by atoms with Crippen LogP contribution >= 0.6 is 0 Å². The van der Waals surface area contributed by atoms with Gasteiger partial charge in [-0.25, -0.2) is 0 Å². The van der Waals surface area contributed by atoms with E-state index in [0.29, 0.717) is 25.7 Å².